The standard InChI is InChI=1S/C21H20ClN3OS/c22-16-8-9-17-18(13-16)25(10-11-26)20(24-17)14-23-21(19-7-4-12-27-19)15-5-2-1-3-6-15/h1-9,12-13,21,23,26H,10-11,14H2/t21-/m1/s1. The van der Waals surface area contributed by atoms with E-state index < -0.39 is 0 Å². The maximum Gasteiger partial charge on any atom is 0.123 e. The van der Waals surface area contributed by atoms with Gasteiger partial charge >= 0.3 is 0 Å². The van der Waals surface area contributed by atoms with Crippen LogP contribution >= 0.6 is 22.9 Å². The first-order valence-electron chi connectivity index (χ1n) is 8.83. The number of aliphatic hydroxyl groups is 1. The number of aromatic nitrogens is 2. The van der Waals surface area contributed by atoms with Crippen molar-refractivity contribution in [2.45, 2.75) is 19.1 Å². The summed E-state index contributed by atoms with van der Waals surface area (Å²) in [6.07, 6.45) is 0. The van der Waals surface area contributed by atoms with Gasteiger partial charge in [0.2, 0.25) is 0 Å². The summed E-state index contributed by atoms with van der Waals surface area (Å²) in [5.74, 6) is 0.888. The number of hydrogen-bond acceptors (Lipinski definition) is 4. The number of aliphatic hydroxyl groups excluding tert-OH is 1. The molecule has 0 spiro atoms. The van der Waals surface area contributed by atoms with Gasteiger partial charge in [-0.05, 0) is 35.2 Å². The molecule has 0 saturated carbocycles. The molecule has 1 atom stereocenters. The second-order valence-electron chi connectivity index (χ2n) is 6.28. The average Bonchev–Trinajstić information content (AvgIpc) is 3.32. The molecule has 0 aliphatic heterocycles. The van der Waals surface area contributed by atoms with E-state index in [4.69, 9.17) is 16.6 Å². The molecule has 4 aromatic rings. The third-order valence-corrected chi connectivity index (χ3v) is 5.71. The van der Waals surface area contributed by atoms with Crippen LogP contribution in [0.5, 0.6) is 0 Å². The lowest BCUT2D eigenvalue weighted by molar-refractivity contribution is 0.275. The van der Waals surface area contributed by atoms with E-state index in [1.807, 2.05) is 28.8 Å². The number of rotatable bonds is 7. The summed E-state index contributed by atoms with van der Waals surface area (Å²) in [5.41, 5.74) is 3.05. The van der Waals surface area contributed by atoms with Crippen molar-refractivity contribution in [3.8, 4) is 0 Å². The van der Waals surface area contributed by atoms with Crippen LogP contribution < -0.4 is 5.32 Å². The topological polar surface area (TPSA) is 50.1 Å². The zero-order valence-electron chi connectivity index (χ0n) is 14.7. The number of nitrogens with zero attached hydrogens (tertiary/aromatic N) is 2. The van der Waals surface area contributed by atoms with Crippen molar-refractivity contribution in [3.05, 3.63) is 87.3 Å². The molecule has 4 nitrogen and oxygen atoms in total. The number of thiophene rings is 1. The van der Waals surface area contributed by atoms with Crippen molar-refractivity contribution >= 4 is 34.0 Å². The van der Waals surface area contributed by atoms with Gasteiger partial charge in [-0.1, -0.05) is 48.0 Å². The van der Waals surface area contributed by atoms with Crippen LogP contribution in [0.15, 0.2) is 66.0 Å². The highest BCUT2D eigenvalue weighted by atomic mass is 35.5. The van der Waals surface area contributed by atoms with E-state index in [1.54, 1.807) is 11.3 Å². The lowest BCUT2D eigenvalue weighted by Gasteiger charge is -2.18. The average molecular weight is 398 g/mol. The molecule has 4 rings (SSSR count). The van der Waals surface area contributed by atoms with Crippen LogP contribution in [-0.2, 0) is 13.1 Å². The molecule has 0 amide bonds. The zero-order chi connectivity index (χ0) is 18.6. The molecule has 2 aromatic carbocycles. The van der Waals surface area contributed by atoms with Crippen LogP contribution in [0.1, 0.15) is 22.3 Å². The van der Waals surface area contributed by atoms with Crippen molar-refractivity contribution in [2.24, 2.45) is 0 Å². The maximum atomic E-state index is 9.50. The van der Waals surface area contributed by atoms with Gasteiger partial charge in [0.15, 0.2) is 0 Å². The summed E-state index contributed by atoms with van der Waals surface area (Å²) in [5, 5.41) is 15.9. The molecule has 0 aliphatic rings. The molecular formula is C21H20ClN3OS. The number of hydrogen-bond donors (Lipinski definition) is 2. The first-order chi connectivity index (χ1) is 13.3. The molecule has 6 heteroatoms. The van der Waals surface area contributed by atoms with E-state index in [2.05, 4.69) is 47.1 Å². The number of halogens is 1. The monoisotopic (exact) mass is 397 g/mol. The number of benzene rings is 2. The quantitative estimate of drug-likeness (QED) is 0.478. The number of fused-ring (bicyclic) bond motifs is 1. The van der Waals surface area contributed by atoms with Gasteiger partial charge in [0.05, 0.1) is 30.2 Å². The normalized spacial score (nSPS) is 12.5. The maximum absolute atomic E-state index is 9.50. The fraction of sp³-hybridized carbons (Fsp3) is 0.190. The Morgan fingerprint density at radius 2 is 1.96 bits per heavy atom. The second kappa shape index (κ2) is 8.23. The van der Waals surface area contributed by atoms with Gasteiger partial charge in [0.1, 0.15) is 5.82 Å². The van der Waals surface area contributed by atoms with Crippen molar-refractivity contribution in [3.63, 3.8) is 0 Å². The Morgan fingerprint density at radius 3 is 2.70 bits per heavy atom. The first kappa shape index (κ1) is 18.2. The molecule has 0 bridgehead atoms. The van der Waals surface area contributed by atoms with Crippen molar-refractivity contribution in [1.82, 2.24) is 14.9 Å². The highest BCUT2D eigenvalue weighted by Crippen LogP contribution is 2.27. The van der Waals surface area contributed by atoms with Gasteiger partial charge in [0, 0.05) is 16.4 Å². The minimum absolute atomic E-state index is 0.0536. The predicted octanol–water partition coefficient (Wildman–Crippen LogP) is 4.62. The Hall–Kier alpha value is -2.18. The molecule has 138 valence electrons. The molecule has 2 N–H and O–H groups in total. The highest BCUT2D eigenvalue weighted by molar-refractivity contribution is 7.10. The summed E-state index contributed by atoms with van der Waals surface area (Å²) in [7, 11) is 0. The van der Waals surface area contributed by atoms with Gasteiger partial charge in [-0.3, -0.25) is 5.32 Å². The van der Waals surface area contributed by atoms with E-state index in [1.165, 1.54) is 10.4 Å². The van der Waals surface area contributed by atoms with Crippen LogP contribution in [0.25, 0.3) is 11.0 Å². The van der Waals surface area contributed by atoms with Gasteiger partial charge in [0.25, 0.3) is 0 Å². The number of imidazole rings is 1. The zero-order valence-corrected chi connectivity index (χ0v) is 16.2. The lowest BCUT2D eigenvalue weighted by atomic mass is 10.1. The Kier molecular flexibility index (Phi) is 5.55. The van der Waals surface area contributed by atoms with Crippen LogP contribution in [-0.4, -0.2) is 21.3 Å². The van der Waals surface area contributed by atoms with E-state index >= 15 is 0 Å². The van der Waals surface area contributed by atoms with Gasteiger partial charge in [-0.15, -0.1) is 11.3 Å². The molecule has 2 aromatic heterocycles. The van der Waals surface area contributed by atoms with Crippen LogP contribution in [0.2, 0.25) is 5.02 Å². The fourth-order valence-corrected chi connectivity index (χ4v) is 4.30. The van der Waals surface area contributed by atoms with E-state index in [9.17, 15) is 5.11 Å². The SMILES string of the molecule is OCCn1c(CN[C@H](c2ccccc2)c2cccs2)nc2ccc(Cl)cc21. The Balaban J connectivity index is 1.65. The van der Waals surface area contributed by atoms with E-state index in [-0.39, 0.29) is 12.6 Å². The Labute approximate surface area is 167 Å². The van der Waals surface area contributed by atoms with E-state index in [0.717, 1.165) is 16.9 Å². The van der Waals surface area contributed by atoms with E-state index in [0.29, 0.717) is 18.1 Å². The molecule has 0 unspecified atom stereocenters. The third kappa shape index (κ3) is 3.92. The van der Waals surface area contributed by atoms with Crippen LogP contribution in [0, 0.1) is 0 Å². The molecule has 0 radical (unpaired) electrons. The summed E-state index contributed by atoms with van der Waals surface area (Å²) in [4.78, 5) is 6.01. The Bertz CT molecular complexity index is 1010. The second-order valence-corrected chi connectivity index (χ2v) is 7.69. The molecule has 0 fully saturated rings. The largest absolute Gasteiger partial charge is 0.395 e. The summed E-state index contributed by atoms with van der Waals surface area (Å²) >= 11 is 7.89. The molecule has 27 heavy (non-hydrogen) atoms. The van der Waals surface area contributed by atoms with Gasteiger partial charge in [-0.2, -0.15) is 0 Å². The third-order valence-electron chi connectivity index (χ3n) is 4.54. The minimum atomic E-state index is 0.0536. The molecule has 0 saturated heterocycles. The molecule has 2 heterocycles. The van der Waals surface area contributed by atoms with Crippen LogP contribution in [0.4, 0.5) is 0 Å². The Morgan fingerprint density at radius 1 is 1.11 bits per heavy atom. The first-order valence-corrected chi connectivity index (χ1v) is 10.1. The van der Waals surface area contributed by atoms with Crippen LogP contribution in [0.3, 0.4) is 0 Å². The number of nitrogens with one attached hydrogen (secondary N) is 1. The molecular weight excluding hydrogens is 378 g/mol. The van der Waals surface area contributed by atoms with Crippen molar-refractivity contribution in [1.29, 1.82) is 0 Å². The smallest absolute Gasteiger partial charge is 0.123 e. The van der Waals surface area contributed by atoms with Gasteiger partial charge in [-0.25, -0.2) is 4.98 Å². The molecule has 0 aliphatic carbocycles. The summed E-state index contributed by atoms with van der Waals surface area (Å²) in [6.45, 7) is 1.13. The van der Waals surface area contributed by atoms with Crippen molar-refractivity contribution < 1.29 is 5.11 Å². The predicted molar refractivity (Wildman–Crippen MR) is 111 cm³/mol. The highest BCUT2D eigenvalue weighted by Gasteiger charge is 2.17. The van der Waals surface area contributed by atoms with Gasteiger partial charge < -0.3 is 9.67 Å². The van der Waals surface area contributed by atoms with Crippen molar-refractivity contribution in [2.75, 3.05) is 6.61 Å². The minimum Gasteiger partial charge on any atom is -0.395 e. The summed E-state index contributed by atoms with van der Waals surface area (Å²) in [6, 6.07) is 20.4. The summed E-state index contributed by atoms with van der Waals surface area (Å²) < 4.78 is 2.03. The lowest BCUT2D eigenvalue weighted by Crippen LogP contribution is -2.23. The fourth-order valence-electron chi connectivity index (χ4n) is 3.31.